The van der Waals surface area contributed by atoms with Gasteiger partial charge in [0.2, 0.25) is 0 Å². The summed E-state index contributed by atoms with van der Waals surface area (Å²) >= 11 is 0. The van der Waals surface area contributed by atoms with Crippen LogP contribution in [0.3, 0.4) is 0 Å². The molecule has 2 aliphatic rings. The minimum Gasteiger partial charge on any atom is -0.463 e. The van der Waals surface area contributed by atoms with Crippen LogP contribution in [0.1, 0.15) is 48.5 Å². The SMILES string of the molecule is C=NN1C(/C(N)=N\C)=CC(C)C1C1(O)CO[C@](C)(COP(=O)(N[C@@H](C)C(=O)OCCN(C(C)C)C(C)C)Oc2ccccc2)[C@H]1O. The maximum absolute atomic E-state index is 14.1. The molecule has 258 valence electrons. The highest BCUT2D eigenvalue weighted by atomic mass is 31.2. The third-order valence-corrected chi connectivity index (χ3v) is 10.0. The van der Waals surface area contributed by atoms with E-state index in [0.717, 1.165) is 0 Å². The monoisotopic (exact) mass is 666 g/mol. The molecule has 2 aliphatic heterocycles. The molecule has 1 saturated heterocycles. The highest BCUT2D eigenvalue weighted by Crippen LogP contribution is 2.49. The van der Waals surface area contributed by atoms with Gasteiger partial charge in [-0.05, 0) is 53.7 Å². The minimum atomic E-state index is -4.30. The molecular formula is C31H51N6O8P. The molecular weight excluding hydrogens is 615 g/mol. The molecule has 1 aromatic rings. The largest absolute Gasteiger partial charge is 0.463 e. The molecule has 5 N–H and O–H groups in total. The molecule has 1 fully saturated rings. The van der Waals surface area contributed by atoms with Gasteiger partial charge in [0, 0.05) is 38.3 Å². The van der Waals surface area contributed by atoms with Crippen LogP contribution in [-0.2, 0) is 23.4 Å². The van der Waals surface area contributed by atoms with Gasteiger partial charge < -0.3 is 29.9 Å². The van der Waals surface area contributed by atoms with Crippen molar-refractivity contribution in [3.8, 4) is 5.75 Å². The molecule has 0 spiro atoms. The molecule has 15 heteroatoms. The minimum absolute atomic E-state index is 0.144. The van der Waals surface area contributed by atoms with Gasteiger partial charge in [0.25, 0.3) is 0 Å². The maximum atomic E-state index is 14.1. The van der Waals surface area contributed by atoms with Crippen molar-refractivity contribution in [1.82, 2.24) is 15.0 Å². The Labute approximate surface area is 272 Å². The Morgan fingerprint density at radius 2 is 1.89 bits per heavy atom. The second kappa shape index (κ2) is 15.4. The van der Waals surface area contributed by atoms with Crippen LogP contribution in [0.15, 0.2) is 52.2 Å². The summed E-state index contributed by atoms with van der Waals surface area (Å²) in [6.07, 6.45) is 0.246. The number of para-hydroxylation sites is 1. The highest BCUT2D eigenvalue weighted by molar-refractivity contribution is 7.52. The van der Waals surface area contributed by atoms with Gasteiger partial charge in [-0.15, -0.1) is 0 Å². The van der Waals surface area contributed by atoms with Crippen molar-refractivity contribution >= 4 is 26.3 Å². The van der Waals surface area contributed by atoms with Crippen molar-refractivity contribution in [3.63, 3.8) is 0 Å². The first-order chi connectivity index (χ1) is 21.5. The van der Waals surface area contributed by atoms with Gasteiger partial charge in [-0.1, -0.05) is 31.2 Å². The van der Waals surface area contributed by atoms with Crippen LogP contribution in [0, 0.1) is 5.92 Å². The number of aliphatic hydroxyl groups is 2. The van der Waals surface area contributed by atoms with Crippen LogP contribution in [0.5, 0.6) is 5.75 Å². The number of rotatable bonds is 16. The van der Waals surface area contributed by atoms with Gasteiger partial charge in [0.15, 0.2) is 0 Å². The number of carbonyl (C=O) groups excluding carboxylic acids is 1. The fourth-order valence-electron chi connectivity index (χ4n) is 5.97. The molecule has 2 heterocycles. The number of esters is 1. The smallest absolute Gasteiger partial charge is 0.459 e. The number of hydrazone groups is 1. The lowest BCUT2D eigenvalue weighted by molar-refractivity contribution is -0.146. The number of amidine groups is 1. The first-order valence-corrected chi connectivity index (χ1v) is 17.0. The zero-order chi connectivity index (χ0) is 34.4. The van der Waals surface area contributed by atoms with Crippen molar-refractivity contribution in [3.05, 3.63) is 42.1 Å². The number of aliphatic hydroxyl groups excluding tert-OH is 1. The summed E-state index contributed by atoms with van der Waals surface area (Å²) in [5, 5.41) is 31.5. The third-order valence-electron chi connectivity index (χ3n) is 8.40. The first kappa shape index (κ1) is 37.6. The molecule has 0 saturated carbocycles. The van der Waals surface area contributed by atoms with Crippen molar-refractivity contribution < 1.29 is 38.1 Å². The lowest BCUT2D eigenvalue weighted by Gasteiger charge is -2.40. The van der Waals surface area contributed by atoms with Gasteiger partial charge in [0.05, 0.1) is 25.0 Å². The Morgan fingerprint density at radius 3 is 2.46 bits per heavy atom. The van der Waals surface area contributed by atoms with Gasteiger partial charge >= 0.3 is 13.7 Å². The summed E-state index contributed by atoms with van der Waals surface area (Å²) in [5.41, 5.74) is 3.09. The van der Waals surface area contributed by atoms with Crippen LogP contribution < -0.4 is 15.3 Å². The third kappa shape index (κ3) is 8.35. The molecule has 3 rings (SSSR count). The van der Waals surface area contributed by atoms with E-state index in [4.69, 9.17) is 24.3 Å². The molecule has 0 bridgehead atoms. The summed E-state index contributed by atoms with van der Waals surface area (Å²) in [7, 11) is -2.76. The lowest BCUT2D eigenvalue weighted by atomic mass is 9.79. The van der Waals surface area contributed by atoms with E-state index in [1.54, 1.807) is 36.4 Å². The Morgan fingerprint density at radius 1 is 1.26 bits per heavy atom. The fourth-order valence-corrected chi connectivity index (χ4v) is 7.56. The van der Waals surface area contributed by atoms with E-state index in [1.165, 1.54) is 25.9 Å². The second-order valence-corrected chi connectivity index (χ2v) is 14.3. The molecule has 1 aromatic carbocycles. The molecule has 0 aliphatic carbocycles. The number of nitrogens with one attached hydrogen (secondary N) is 1. The summed E-state index contributed by atoms with van der Waals surface area (Å²) in [4.78, 5) is 19.1. The predicted octanol–water partition coefficient (Wildman–Crippen LogP) is 2.52. The predicted molar refractivity (Wildman–Crippen MR) is 176 cm³/mol. The van der Waals surface area contributed by atoms with E-state index >= 15 is 0 Å². The summed E-state index contributed by atoms with van der Waals surface area (Å²) < 4.78 is 37.2. The number of ether oxygens (including phenoxy) is 2. The zero-order valence-electron chi connectivity index (χ0n) is 28.1. The van der Waals surface area contributed by atoms with Crippen LogP contribution in [-0.4, -0.2) is 114 Å². The zero-order valence-corrected chi connectivity index (χ0v) is 29.0. The van der Waals surface area contributed by atoms with Crippen molar-refractivity contribution in [1.29, 1.82) is 0 Å². The van der Waals surface area contributed by atoms with Crippen LogP contribution >= 0.6 is 7.75 Å². The van der Waals surface area contributed by atoms with E-state index in [2.05, 4.69) is 54.5 Å². The van der Waals surface area contributed by atoms with E-state index < -0.39 is 49.7 Å². The number of hydrogen-bond donors (Lipinski definition) is 4. The number of nitrogens with zero attached hydrogens (tertiary/aromatic N) is 4. The Balaban J connectivity index is 1.76. The number of benzene rings is 1. The average Bonchev–Trinajstić information content (AvgIpc) is 3.47. The topological polar surface area (TPSA) is 181 Å². The Hall–Kier alpha value is -2.84. The fraction of sp³-hybridized carbons (Fsp3) is 0.645. The van der Waals surface area contributed by atoms with E-state index in [0.29, 0.717) is 12.2 Å². The maximum Gasteiger partial charge on any atom is 0.459 e. The molecule has 7 atom stereocenters. The average molecular weight is 667 g/mol. The number of hydrogen-bond acceptors (Lipinski definition) is 12. The first-order valence-electron chi connectivity index (χ1n) is 15.5. The van der Waals surface area contributed by atoms with Gasteiger partial charge in [0.1, 0.15) is 41.5 Å². The number of aliphatic imine (C=N–C) groups is 1. The standard InChI is InChI=1S/C31H51N6O8P/c1-20(2)36(21(3)4)15-16-42-28(38)23(6)35-46(41,45-24-13-11-10-12-14-24)44-18-30(7)29(39)31(40,19-43-30)26-22(5)17-25(27(32)33-8)37(26)34-9/h10-14,17,20-23,26,29,39-40H,9,15-16,18-19H2,1-8H3,(H2,32,33)(H,35,41)/t22?,23-,26?,29+,30+,31?,46?/m0/s1. The molecule has 0 aromatic heterocycles. The van der Waals surface area contributed by atoms with Crippen molar-refractivity contribution in [2.24, 2.45) is 21.7 Å². The van der Waals surface area contributed by atoms with Crippen LogP contribution in [0.25, 0.3) is 0 Å². The van der Waals surface area contributed by atoms with Crippen LogP contribution in [0.4, 0.5) is 0 Å². The molecule has 46 heavy (non-hydrogen) atoms. The van der Waals surface area contributed by atoms with E-state index in [9.17, 15) is 19.6 Å². The quantitative estimate of drug-likeness (QED) is 0.0878. The highest BCUT2D eigenvalue weighted by Gasteiger charge is 2.63. The van der Waals surface area contributed by atoms with Crippen LogP contribution in [0.2, 0.25) is 0 Å². The lowest BCUT2D eigenvalue weighted by Crippen LogP contribution is -2.61. The van der Waals surface area contributed by atoms with Gasteiger partial charge in [-0.2, -0.15) is 10.2 Å². The molecule has 14 nitrogen and oxygen atoms in total. The van der Waals surface area contributed by atoms with Crippen molar-refractivity contribution in [2.75, 3.05) is 33.4 Å². The normalized spacial score (nSPS) is 28.8. The molecule has 0 amide bonds. The summed E-state index contributed by atoms with van der Waals surface area (Å²) in [5.74, 6) is -0.559. The summed E-state index contributed by atoms with van der Waals surface area (Å²) in [6.45, 7) is 16.6. The van der Waals surface area contributed by atoms with E-state index in [-0.39, 0.29) is 42.8 Å². The second-order valence-electron chi connectivity index (χ2n) is 12.6. The number of nitrogens with two attached hydrogens (primary N) is 1. The molecule has 0 radical (unpaired) electrons. The Kier molecular flexibility index (Phi) is 12.6. The summed E-state index contributed by atoms with van der Waals surface area (Å²) in [6, 6.07) is 6.97. The van der Waals surface area contributed by atoms with Crippen molar-refractivity contribution in [2.45, 2.75) is 89.9 Å². The van der Waals surface area contributed by atoms with Gasteiger partial charge in [-0.25, -0.2) is 4.57 Å². The Bertz CT molecular complexity index is 1300. The van der Waals surface area contributed by atoms with E-state index in [1.807, 2.05) is 6.92 Å². The van der Waals surface area contributed by atoms with Gasteiger partial charge in [-0.3, -0.25) is 24.2 Å². The molecule has 4 unspecified atom stereocenters. The number of carbonyl (C=O) groups is 1.